The number of hydrogen-bond donors (Lipinski definition) is 0. The Bertz CT molecular complexity index is 1640. The van der Waals surface area contributed by atoms with E-state index < -0.39 is 6.10 Å². The van der Waals surface area contributed by atoms with Crippen molar-refractivity contribution in [3.05, 3.63) is 109 Å². The highest BCUT2D eigenvalue weighted by Crippen LogP contribution is 2.17. The lowest BCUT2D eigenvalue weighted by Crippen LogP contribution is -2.30. The third-order valence-electron chi connectivity index (χ3n) is 15.0. The molecule has 0 bridgehead atoms. The number of carbonyl (C=O) groups excluding carboxylic acids is 3. The second-order valence-electron chi connectivity index (χ2n) is 23.0. The molecule has 1 atom stereocenters. The van der Waals surface area contributed by atoms with Gasteiger partial charge in [-0.15, -0.1) is 0 Å². The predicted octanol–water partition coefficient (Wildman–Crippen LogP) is 24.2. The Labute approximate surface area is 508 Å². The van der Waals surface area contributed by atoms with Gasteiger partial charge in [-0.3, -0.25) is 14.4 Å². The molecule has 6 nitrogen and oxygen atoms in total. The van der Waals surface area contributed by atoms with E-state index in [-0.39, 0.29) is 31.1 Å². The highest BCUT2D eigenvalue weighted by atomic mass is 16.6. The first-order valence-electron chi connectivity index (χ1n) is 34.9. The van der Waals surface area contributed by atoms with Gasteiger partial charge in [0.2, 0.25) is 0 Å². The molecule has 0 aliphatic rings. The van der Waals surface area contributed by atoms with Crippen LogP contribution in [0.3, 0.4) is 0 Å². The molecule has 0 rings (SSSR count). The first-order chi connectivity index (χ1) is 40.5. The smallest absolute Gasteiger partial charge is 0.306 e. The van der Waals surface area contributed by atoms with Crippen molar-refractivity contribution >= 4 is 17.9 Å². The van der Waals surface area contributed by atoms with Crippen molar-refractivity contribution in [2.75, 3.05) is 13.2 Å². The summed E-state index contributed by atoms with van der Waals surface area (Å²) in [6.07, 6.45) is 95.4. The molecule has 0 fully saturated rings. The van der Waals surface area contributed by atoms with Crippen molar-refractivity contribution < 1.29 is 28.6 Å². The highest BCUT2D eigenvalue weighted by Gasteiger charge is 2.19. The molecular weight excluding hydrogens is 1010 g/mol. The molecule has 82 heavy (non-hydrogen) atoms. The number of unbranched alkanes of at least 4 members (excludes halogenated alkanes) is 34. The van der Waals surface area contributed by atoms with Crippen LogP contribution in [-0.4, -0.2) is 37.2 Å². The lowest BCUT2D eigenvalue weighted by molar-refractivity contribution is -0.167. The SMILES string of the molecule is CC/C=C\C/C=C\C/C=C\C/C=C\C/C=C\CCCCCCCCCCCCCCCCCC(=O)OCC(COC(=O)CCCCCCCCCCCCCCCC)OC(=O)CCCCCCCC/C=C\C/C=C\C/C=C\C/C=C\CC. The molecule has 0 aromatic rings. The Morgan fingerprint density at radius 3 is 0.744 bits per heavy atom. The van der Waals surface area contributed by atoms with Gasteiger partial charge in [0.05, 0.1) is 0 Å². The summed E-state index contributed by atoms with van der Waals surface area (Å²) in [6.45, 7) is 6.44. The predicted molar refractivity (Wildman–Crippen MR) is 357 cm³/mol. The maximum Gasteiger partial charge on any atom is 0.306 e. The van der Waals surface area contributed by atoms with Gasteiger partial charge >= 0.3 is 17.9 Å². The minimum atomic E-state index is -0.786. The van der Waals surface area contributed by atoms with Crippen molar-refractivity contribution in [2.45, 2.75) is 341 Å². The average molecular weight is 1140 g/mol. The minimum Gasteiger partial charge on any atom is -0.462 e. The summed E-state index contributed by atoms with van der Waals surface area (Å²) >= 11 is 0. The summed E-state index contributed by atoms with van der Waals surface area (Å²) in [5.74, 6) is -0.879. The zero-order chi connectivity index (χ0) is 59.2. The van der Waals surface area contributed by atoms with E-state index in [4.69, 9.17) is 14.2 Å². The summed E-state index contributed by atoms with van der Waals surface area (Å²) in [6, 6.07) is 0. The lowest BCUT2D eigenvalue weighted by Gasteiger charge is -2.18. The molecular formula is C76H130O6. The molecule has 0 aliphatic heterocycles. The van der Waals surface area contributed by atoms with E-state index in [2.05, 4.69) is 130 Å². The molecule has 0 saturated heterocycles. The first kappa shape index (κ1) is 78.1. The van der Waals surface area contributed by atoms with Gasteiger partial charge in [0.1, 0.15) is 13.2 Å². The van der Waals surface area contributed by atoms with E-state index in [0.29, 0.717) is 19.3 Å². The van der Waals surface area contributed by atoms with Crippen LogP contribution in [0.25, 0.3) is 0 Å². The van der Waals surface area contributed by atoms with Crippen LogP contribution in [0.5, 0.6) is 0 Å². The number of ether oxygens (including phenoxy) is 3. The van der Waals surface area contributed by atoms with Crippen LogP contribution in [0.15, 0.2) is 109 Å². The summed E-state index contributed by atoms with van der Waals surface area (Å²) < 4.78 is 17.0. The number of allylic oxidation sites excluding steroid dienone is 18. The molecule has 0 aromatic heterocycles. The van der Waals surface area contributed by atoms with Gasteiger partial charge in [0.25, 0.3) is 0 Å². The van der Waals surface area contributed by atoms with E-state index in [9.17, 15) is 14.4 Å². The average Bonchev–Trinajstić information content (AvgIpc) is 3.47. The summed E-state index contributed by atoms with van der Waals surface area (Å²) in [5.41, 5.74) is 0. The monoisotopic (exact) mass is 1140 g/mol. The maximum absolute atomic E-state index is 12.9. The van der Waals surface area contributed by atoms with Crippen molar-refractivity contribution in [3.63, 3.8) is 0 Å². The molecule has 1 unspecified atom stereocenters. The third-order valence-corrected chi connectivity index (χ3v) is 15.0. The lowest BCUT2D eigenvalue weighted by atomic mass is 10.0. The van der Waals surface area contributed by atoms with Gasteiger partial charge in [0.15, 0.2) is 6.10 Å². The van der Waals surface area contributed by atoms with E-state index in [0.717, 1.165) is 128 Å². The Morgan fingerprint density at radius 2 is 0.476 bits per heavy atom. The van der Waals surface area contributed by atoms with Crippen LogP contribution in [0, 0.1) is 0 Å². The van der Waals surface area contributed by atoms with Crippen LogP contribution in [0.2, 0.25) is 0 Å². The van der Waals surface area contributed by atoms with Crippen molar-refractivity contribution in [1.82, 2.24) is 0 Å². The van der Waals surface area contributed by atoms with E-state index in [1.165, 1.54) is 167 Å². The quantitative estimate of drug-likeness (QED) is 0.0261. The first-order valence-corrected chi connectivity index (χ1v) is 34.9. The Hall–Kier alpha value is -3.93. The molecule has 0 N–H and O–H groups in total. The van der Waals surface area contributed by atoms with Crippen LogP contribution in [0.1, 0.15) is 335 Å². The van der Waals surface area contributed by atoms with Crippen LogP contribution in [-0.2, 0) is 28.6 Å². The fourth-order valence-electron chi connectivity index (χ4n) is 9.88. The van der Waals surface area contributed by atoms with Gasteiger partial charge < -0.3 is 14.2 Å². The summed E-state index contributed by atoms with van der Waals surface area (Å²) in [7, 11) is 0. The Kier molecular flexibility index (Phi) is 66.2. The van der Waals surface area contributed by atoms with Crippen LogP contribution >= 0.6 is 0 Å². The maximum atomic E-state index is 12.9. The number of hydrogen-bond acceptors (Lipinski definition) is 6. The van der Waals surface area contributed by atoms with Gasteiger partial charge in [-0.25, -0.2) is 0 Å². The highest BCUT2D eigenvalue weighted by molar-refractivity contribution is 5.71. The number of carbonyl (C=O) groups is 3. The largest absolute Gasteiger partial charge is 0.462 e. The molecule has 0 heterocycles. The number of esters is 3. The van der Waals surface area contributed by atoms with E-state index >= 15 is 0 Å². The second kappa shape index (κ2) is 69.6. The molecule has 0 saturated carbocycles. The van der Waals surface area contributed by atoms with Crippen molar-refractivity contribution in [1.29, 1.82) is 0 Å². The fourth-order valence-corrected chi connectivity index (χ4v) is 9.88. The minimum absolute atomic E-state index is 0.0802. The molecule has 0 aromatic carbocycles. The van der Waals surface area contributed by atoms with Crippen molar-refractivity contribution in [2.24, 2.45) is 0 Å². The van der Waals surface area contributed by atoms with Gasteiger partial charge in [-0.1, -0.05) is 323 Å². The molecule has 0 spiro atoms. The van der Waals surface area contributed by atoms with Crippen LogP contribution < -0.4 is 0 Å². The van der Waals surface area contributed by atoms with E-state index in [1.807, 2.05) is 0 Å². The standard InChI is InChI=1S/C76H130O6/c1-4-7-10-13-16-19-22-25-28-30-32-33-34-35-36-37-38-39-40-41-42-43-45-46-48-51-54-57-60-63-66-69-75(78)81-72-73(71-80-74(77)68-65-62-59-56-53-50-27-24-21-18-15-12-9-6-3)82-76(79)70-67-64-61-58-55-52-49-47-44-31-29-26-23-20-17-14-11-8-5-2/h7-8,10-11,16-17,19-20,25-26,28-29,32-33,35-36,44,47,73H,4-6,9,12-15,18,21-24,27,30-31,34,37-43,45-46,48-72H2,1-3H3/b10-7-,11-8-,19-16-,20-17-,28-25-,29-26-,33-32-,36-35-,47-44-. The van der Waals surface area contributed by atoms with Gasteiger partial charge in [-0.05, 0) is 103 Å². The van der Waals surface area contributed by atoms with Crippen molar-refractivity contribution in [3.8, 4) is 0 Å². The zero-order valence-electron chi connectivity index (χ0n) is 54.0. The topological polar surface area (TPSA) is 78.9 Å². The summed E-state index contributed by atoms with van der Waals surface area (Å²) in [5, 5.41) is 0. The zero-order valence-corrected chi connectivity index (χ0v) is 54.0. The normalized spacial score (nSPS) is 12.8. The second-order valence-corrected chi connectivity index (χ2v) is 23.0. The van der Waals surface area contributed by atoms with Gasteiger partial charge in [0, 0.05) is 19.3 Å². The third kappa shape index (κ3) is 66.9. The molecule has 470 valence electrons. The Morgan fingerprint density at radius 1 is 0.256 bits per heavy atom. The van der Waals surface area contributed by atoms with Crippen LogP contribution in [0.4, 0.5) is 0 Å². The summed E-state index contributed by atoms with van der Waals surface area (Å²) in [4.78, 5) is 38.4. The number of rotatable bonds is 63. The molecule has 6 heteroatoms. The van der Waals surface area contributed by atoms with Gasteiger partial charge in [-0.2, -0.15) is 0 Å². The molecule has 0 aliphatic carbocycles. The Balaban J connectivity index is 4.26. The fraction of sp³-hybridized carbons (Fsp3) is 0.724. The van der Waals surface area contributed by atoms with E-state index in [1.54, 1.807) is 0 Å². The molecule has 0 radical (unpaired) electrons. The molecule has 0 amide bonds.